The zero-order chi connectivity index (χ0) is 32.4. The molecule has 2 heteroatoms. The molecule has 0 radical (unpaired) electrons. The Balaban J connectivity index is 1.40. The van der Waals surface area contributed by atoms with Crippen LogP contribution in [-0.2, 0) is 23.7 Å². The number of fused-ring (bicyclic) bond motifs is 4. The third-order valence-corrected chi connectivity index (χ3v) is 10.4. The first-order chi connectivity index (χ1) is 23.0. The first-order valence-electron chi connectivity index (χ1n) is 17.1. The lowest BCUT2D eigenvalue weighted by atomic mass is 9.69. The minimum Gasteiger partial charge on any atom is -0.347 e. The number of likely N-dealkylation sites (N-methyl/N-ethyl adjacent to an activating group) is 1. The van der Waals surface area contributed by atoms with E-state index in [9.17, 15) is 0 Å². The smallest absolute Gasteiger partial charge is 0.209 e. The monoisotopic (exact) mass is 613 g/mol. The Kier molecular flexibility index (Phi) is 8.28. The molecule has 0 saturated carbocycles. The minimum atomic E-state index is -0.214. The summed E-state index contributed by atoms with van der Waals surface area (Å²) in [6.07, 6.45) is 13.0. The number of hydrogen-bond donors (Lipinski definition) is 0. The quantitative estimate of drug-likeness (QED) is 0.112. The number of benzene rings is 5. The molecule has 1 unspecified atom stereocenters. The van der Waals surface area contributed by atoms with Crippen LogP contribution in [0.1, 0.15) is 48.9 Å². The normalized spacial score (nSPS) is 19.1. The fourth-order valence-corrected chi connectivity index (χ4v) is 8.45. The van der Waals surface area contributed by atoms with Crippen LogP contribution in [0.25, 0.3) is 10.8 Å². The van der Waals surface area contributed by atoms with Crippen LogP contribution in [0.4, 0.5) is 11.4 Å². The highest BCUT2D eigenvalue weighted by Crippen LogP contribution is 2.52. The number of allylic oxidation sites excluding steroid dienone is 5. The summed E-state index contributed by atoms with van der Waals surface area (Å²) >= 11 is 0. The molecule has 7 rings (SSSR count). The van der Waals surface area contributed by atoms with E-state index in [0.29, 0.717) is 0 Å². The molecule has 5 aromatic carbocycles. The van der Waals surface area contributed by atoms with Gasteiger partial charge < -0.3 is 4.90 Å². The van der Waals surface area contributed by atoms with E-state index in [0.717, 1.165) is 32.2 Å². The predicted molar refractivity (Wildman–Crippen MR) is 200 cm³/mol. The molecule has 1 atom stereocenters. The number of para-hydroxylation sites is 1. The molecule has 234 valence electrons. The van der Waals surface area contributed by atoms with E-state index in [1.165, 1.54) is 55.8 Å². The van der Waals surface area contributed by atoms with Crippen molar-refractivity contribution in [3.05, 3.63) is 180 Å². The molecule has 0 saturated heterocycles. The number of rotatable bonds is 10. The van der Waals surface area contributed by atoms with Crippen LogP contribution in [0.5, 0.6) is 0 Å². The molecule has 0 bridgehead atoms. The van der Waals surface area contributed by atoms with E-state index in [1.54, 1.807) is 0 Å². The summed E-state index contributed by atoms with van der Waals surface area (Å²) in [5.74, 6) is 0. The van der Waals surface area contributed by atoms with Gasteiger partial charge in [-0.1, -0.05) is 128 Å². The first-order valence-corrected chi connectivity index (χ1v) is 17.1. The molecule has 47 heavy (non-hydrogen) atoms. The average molecular weight is 614 g/mol. The Bertz CT molecular complexity index is 1970. The van der Waals surface area contributed by atoms with E-state index in [1.807, 2.05) is 0 Å². The van der Waals surface area contributed by atoms with E-state index < -0.39 is 0 Å². The summed E-state index contributed by atoms with van der Waals surface area (Å²) in [5.41, 5.74) is 10.4. The zero-order valence-corrected chi connectivity index (χ0v) is 28.0. The number of anilines is 1. The van der Waals surface area contributed by atoms with Gasteiger partial charge in [0.05, 0.1) is 5.41 Å². The second-order valence-electron chi connectivity index (χ2n) is 13.4. The standard InChI is InChI=1S/C45H45N2/c1-5-30-44(3)41(46(4)40-29-28-36-22-13-14-23-37(36)43(40)44)26-17-27-42-45(32-34-18-9-7-10-19-34,33-35-20-11-8-12-21-35)38-24-15-16-25-39(38)47(42)31-6-2/h5,7-29H,1,6,30-33H2,2-4H3/q+1. The van der Waals surface area contributed by atoms with Gasteiger partial charge in [0.15, 0.2) is 5.71 Å². The number of nitrogens with zero attached hydrogens (tertiary/aromatic N) is 2. The lowest BCUT2D eigenvalue weighted by Crippen LogP contribution is -2.39. The third-order valence-electron chi connectivity index (χ3n) is 10.4. The van der Waals surface area contributed by atoms with Crippen molar-refractivity contribution in [2.24, 2.45) is 0 Å². The fourth-order valence-electron chi connectivity index (χ4n) is 8.45. The van der Waals surface area contributed by atoms with Gasteiger partial charge in [0.2, 0.25) is 5.69 Å². The van der Waals surface area contributed by atoms with Crippen molar-refractivity contribution in [1.29, 1.82) is 0 Å². The topological polar surface area (TPSA) is 6.25 Å². The molecule has 0 amide bonds. The van der Waals surface area contributed by atoms with Gasteiger partial charge in [0.25, 0.3) is 0 Å². The van der Waals surface area contributed by atoms with Crippen molar-refractivity contribution in [3.63, 3.8) is 0 Å². The Hall–Kier alpha value is -4.95. The molecule has 0 fully saturated rings. The largest absolute Gasteiger partial charge is 0.347 e. The Morgan fingerprint density at radius 2 is 1.40 bits per heavy atom. The maximum atomic E-state index is 4.20. The molecule has 2 aliphatic heterocycles. The lowest BCUT2D eigenvalue weighted by Gasteiger charge is -2.29. The highest BCUT2D eigenvalue weighted by atomic mass is 15.2. The van der Waals surface area contributed by atoms with Crippen LogP contribution in [0.15, 0.2) is 158 Å². The van der Waals surface area contributed by atoms with Crippen LogP contribution in [0.3, 0.4) is 0 Å². The third kappa shape index (κ3) is 5.26. The molecule has 5 aromatic rings. The molecule has 0 N–H and O–H groups in total. The fraction of sp³-hybridized carbons (Fsp3) is 0.222. The van der Waals surface area contributed by atoms with E-state index >= 15 is 0 Å². The number of hydrogen-bond acceptors (Lipinski definition) is 1. The first kappa shape index (κ1) is 30.7. The SMILES string of the molecule is C=CCC1(C)/C(=C\C=C\C2=[N+](CCC)c3ccccc3C2(Cc2ccccc2)Cc2ccccc2)N(C)c2ccc3ccccc3c21. The van der Waals surface area contributed by atoms with Crippen LogP contribution < -0.4 is 4.90 Å². The zero-order valence-electron chi connectivity index (χ0n) is 28.0. The minimum absolute atomic E-state index is 0.186. The second kappa shape index (κ2) is 12.7. The van der Waals surface area contributed by atoms with Crippen LogP contribution in [0, 0.1) is 0 Å². The van der Waals surface area contributed by atoms with Gasteiger partial charge in [-0.3, -0.25) is 0 Å². The van der Waals surface area contributed by atoms with Crippen LogP contribution in [0.2, 0.25) is 0 Å². The van der Waals surface area contributed by atoms with Crippen molar-refractivity contribution in [2.75, 3.05) is 18.5 Å². The maximum Gasteiger partial charge on any atom is 0.209 e. The van der Waals surface area contributed by atoms with Crippen molar-refractivity contribution < 1.29 is 4.58 Å². The summed E-state index contributed by atoms with van der Waals surface area (Å²) in [6.45, 7) is 9.86. The van der Waals surface area contributed by atoms with Gasteiger partial charge in [0.1, 0.15) is 6.54 Å². The molecule has 2 heterocycles. The molecule has 0 aromatic heterocycles. The average Bonchev–Trinajstić information content (AvgIpc) is 3.47. The maximum absolute atomic E-state index is 4.20. The molecular weight excluding hydrogens is 569 g/mol. The van der Waals surface area contributed by atoms with E-state index in [4.69, 9.17) is 0 Å². The van der Waals surface area contributed by atoms with Crippen LogP contribution in [-0.4, -0.2) is 23.9 Å². The van der Waals surface area contributed by atoms with Crippen molar-refractivity contribution >= 4 is 27.9 Å². The van der Waals surface area contributed by atoms with Gasteiger partial charge in [-0.2, -0.15) is 4.58 Å². The van der Waals surface area contributed by atoms with Crippen molar-refractivity contribution in [2.45, 2.75) is 50.4 Å². The molecule has 2 aliphatic rings. The highest BCUT2D eigenvalue weighted by molar-refractivity contribution is 6.04. The van der Waals surface area contributed by atoms with Crippen molar-refractivity contribution in [1.82, 2.24) is 0 Å². The van der Waals surface area contributed by atoms with E-state index in [-0.39, 0.29) is 10.8 Å². The van der Waals surface area contributed by atoms with Crippen molar-refractivity contribution in [3.8, 4) is 0 Å². The van der Waals surface area contributed by atoms with Gasteiger partial charge in [-0.15, -0.1) is 6.58 Å². The predicted octanol–water partition coefficient (Wildman–Crippen LogP) is 10.5. The summed E-state index contributed by atoms with van der Waals surface area (Å²) in [6, 6.07) is 44.5. The summed E-state index contributed by atoms with van der Waals surface area (Å²) in [5, 5.41) is 2.61. The molecule has 0 aliphatic carbocycles. The van der Waals surface area contributed by atoms with Gasteiger partial charge in [-0.05, 0) is 65.8 Å². The van der Waals surface area contributed by atoms with E-state index in [2.05, 4.69) is 183 Å². The second-order valence-corrected chi connectivity index (χ2v) is 13.4. The Morgan fingerprint density at radius 3 is 2.09 bits per heavy atom. The summed E-state index contributed by atoms with van der Waals surface area (Å²) in [4.78, 5) is 2.40. The molecule has 2 nitrogen and oxygen atoms in total. The Morgan fingerprint density at radius 1 is 0.766 bits per heavy atom. The van der Waals surface area contributed by atoms with Gasteiger partial charge in [-0.25, -0.2) is 0 Å². The summed E-state index contributed by atoms with van der Waals surface area (Å²) < 4.78 is 2.60. The van der Waals surface area contributed by atoms with Gasteiger partial charge in [0, 0.05) is 48.0 Å². The summed E-state index contributed by atoms with van der Waals surface area (Å²) in [7, 11) is 2.22. The molecular formula is C45H45N2+. The molecule has 0 spiro atoms. The lowest BCUT2D eigenvalue weighted by molar-refractivity contribution is -0.437. The highest BCUT2D eigenvalue weighted by Gasteiger charge is 2.51. The van der Waals surface area contributed by atoms with Gasteiger partial charge >= 0.3 is 0 Å². The van der Waals surface area contributed by atoms with Crippen LogP contribution >= 0.6 is 0 Å². The Labute approximate surface area is 280 Å².